The maximum absolute atomic E-state index is 5.87. The topological polar surface area (TPSA) is 58.1 Å². The quantitative estimate of drug-likeness (QED) is 0.282. The van der Waals surface area contributed by atoms with E-state index in [2.05, 4.69) is 70.8 Å². The molecule has 0 spiro atoms. The Morgan fingerprint density at radius 3 is 2.34 bits per heavy atom. The van der Waals surface area contributed by atoms with E-state index in [4.69, 9.17) is 9.47 Å². The van der Waals surface area contributed by atoms with Crippen LogP contribution >= 0.6 is 24.0 Å². The van der Waals surface area contributed by atoms with Gasteiger partial charge in [-0.15, -0.1) is 24.0 Å². The average Bonchev–Trinajstić information content (AvgIpc) is 2.81. The van der Waals surface area contributed by atoms with E-state index in [9.17, 15) is 0 Å². The first-order chi connectivity index (χ1) is 15.1. The van der Waals surface area contributed by atoms with Gasteiger partial charge in [-0.1, -0.05) is 54.6 Å². The summed E-state index contributed by atoms with van der Waals surface area (Å²) in [6.07, 6.45) is 0. The van der Waals surface area contributed by atoms with Crippen LogP contribution in [0.2, 0.25) is 0 Å². The third kappa shape index (κ3) is 8.69. The van der Waals surface area contributed by atoms with Crippen molar-refractivity contribution in [1.82, 2.24) is 15.5 Å². The van der Waals surface area contributed by atoms with E-state index in [0.717, 1.165) is 38.8 Å². The first kappa shape index (κ1) is 26.6. The summed E-state index contributed by atoms with van der Waals surface area (Å²) in [4.78, 5) is 6.85. The summed E-state index contributed by atoms with van der Waals surface area (Å²) in [6, 6.07) is 18.7. The van der Waals surface area contributed by atoms with E-state index >= 15 is 0 Å². The van der Waals surface area contributed by atoms with Crippen LogP contribution in [0.3, 0.4) is 0 Å². The lowest BCUT2D eigenvalue weighted by atomic mass is 10.0. The molecule has 0 saturated carbocycles. The predicted molar refractivity (Wildman–Crippen MR) is 141 cm³/mol. The molecule has 1 fully saturated rings. The molecule has 3 rings (SSSR count). The lowest BCUT2D eigenvalue weighted by molar-refractivity contribution is -0.00834. The van der Waals surface area contributed by atoms with Gasteiger partial charge in [-0.25, -0.2) is 0 Å². The van der Waals surface area contributed by atoms with Crippen LogP contribution in [0, 0.1) is 0 Å². The number of guanidine groups is 1. The monoisotopic (exact) mass is 552 g/mol. The molecule has 0 amide bonds. The fourth-order valence-corrected chi connectivity index (χ4v) is 3.68. The Morgan fingerprint density at radius 2 is 1.62 bits per heavy atom. The lowest BCUT2D eigenvalue weighted by Crippen LogP contribution is -2.56. The van der Waals surface area contributed by atoms with Crippen LogP contribution in [0.25, 0.3) is 0 Å². The number of nitrogens with one attached hydrogen (secondary N) is 2. The molecule has 0 radical (unpaired) electrons. The second-order valence-corrected chi connectivity index (χ2v) is 8.49. The lowest BCUT2D eigenvalue weighted by Gasteiger charge is -2.41. The van der Waals surface area contributed by atoms with Gasteiger partial charge in [0.2, 0.25) is 0 Å². The Bertz CT molecular complexity index is 824. The fourth-order valence-electron chi connectivity index (χ4n) is 3.68. The molecule has 0 aliphatic carbocycles. The molecule has 1 aliphatic rings. The summed E-state index contributed by atoms with van der Waals surface area (Å²) in [7, 11) is 1.81. The van der Waals surface area contributed by atoms with E-state index in [1.807, 2.05) is 25.2 Å². The summed E-state index contributed by atoms with van der Waals surface area (Å²) >= 11 is 0. The van der Waals surface area contributed by atoms with Crippen LogP contribution in [0.5, 0.6) is 0 Å². The van der Waals surface area contributed by atoms with Crippen molar-refractivity contribution in [3.05, 3.63) is 71.3 Å². The molecule has 176 valence electrons. The average molecular weight is 553 g/mol. The van der Waals surface area contributed by atoms with E-state index in [0.29, 0.717) is 19.8 Å². The Morgan fingerprint density at radius 1 is 0.969 bits per heavy atom. The molecular weight excluding hydrogens is 515 g/mol. The van der Waals surface area contributed by atoms with Gasteiger partial charge in [0, 0.05) is 38.8 Å². The molecule has 7 heteroatoms. The number of halogens is 1. The number of ether oxygens (including phenoxy) is 2. The number of hydrogen-bond acceptors (Lipinski definition) is 4. The highest BCUT2D eigenvalue weighted by atomic mass is 127. The minimum atomic E-state index is 0. The minimum Gasteiger partial charge on any atom is -0.379 e. The van der Waals surface area contributed by atoms with Crippen LogP contribution in [0.15, 0.2) is 59.6 Å². The Balaban J connectivity index is 0.00000363. The zero-order valence-corrected chi connectivity index (χ0v) is 21.8. The molecule has 0 bridgehead atoms. The van der Waals surface area contributed by atoms with Crippen molar-refractivity contribution >= 4 is 29.9 Å². The van der Waals surface area contributed by atoms with Gasteiger partial charge < -0.3 is 20.1 Å². The van der Waals surface area contributed by atoms with Crippen LogP contribution in [-0.4, -0.2) is 56.3 Å². The first-order valence-electron chi connectivity index (χ1n) is 11.0. The fraction of sp³-hybridized carbons (Fsp3) is 0.480. The molecule has 2 N–H and O–H groups in total. The third-order valence-corrected chi connectivity index (χ3v) is 5.61. The minimum absolute atomic E-state index is 0. The van der Waals surface area contributed by atoms with Crippen LogP contribution in [0.1, 0.15) is 30.5 Å². The van der Waals surface area contributed by atoms with Crippen LogP contribution < -0.4 is 10.6 Å². The molecule has 32 heavy (non-hydrogen) atoms. The number of aliphatic imine (C=N–C) groups is 1. The summed E-state index contributed by atoms with van der Waals surface area (Å²) in [6.45, 7) is 10.8. The summed E-state index contributed by atoms with van der Waals surface area (Å²) in [5.41, 5.74) is 3.61. The summed E-state index contributed by atoms with van der Waals surface area (Å²) in [5.74, 6) is 0.812. The molecule has 0 unspecified atom stereocenters. The molecule has 1 saturated heterocycles. The zero-order valence-electron chi connectivity index (χ0n) is 19.5. The van der Waals surface area contributed by atoms with E-state index in [-0.39, 0.29) is 29.5 Å². The molecule has 1 aliphatic heterocycles. The second kappa shape index (κ2) is 13.8. The van der Waals surface area contributed by atoms with Crippen molar-refractivity contribution < 1.29 is 9.47 Å². The van der Waals surface area contributed by atoms with Gasteiger partial charge in [0.15, 0.2) is 5.96 Å². The maximum atomic E-state index is 5.87. The summed E-state index contributed by atoms with van der Waals surface area (Å²) < 4.78 is 11.3. The van der Waals surface area contributed by atoms with Gasteiger partial charge in [-0.2, -0.15) is 0 Å². The van der Waals surface area contributed by atoms with Crippen molar-refractivity contribution in [1.29, 1.82) is 0 Å². The Hall–Kier alpha value is -1.68. The van der Waals surface area contributed by atoms with Crippen LogP contribution in [0.4, 0.5) is 0 Å². The van der Waals surface area contributed by atoms with Crippen molar-refractivity contribution in [2.24, 2.45) is 4.99 Å². The van der Waals surface area contributed by atoms with E-state index in [1.54, 1.807) is 0 Å². The van der Waals surface area contributed by atoms with Crippen molar-refractivity contribution in [3.8, 4) is 0 Å². The highest BCUT2D eigenvalue weighted by Crippen LogP contribution is 2.15. The number of rotatable bonds is 9. The predicted octanol–water partition coefficient (Wildman–Crippen LogP) is 3.80. The molecule has 2 aromatic rings. The number of morpholine rings is 1. The van der Waals surface area contributed by atoms with Gasteiger partial charge in [-0.3, -0.25) is 9.89 Å². The molecule has 6 nitrogen and oxygen atoms in total. The molecule has 2 aromatic carbocycles. The van der Waals surface area contributed by atoms with Gasteiger partial charge in [0.1, 0.15) is 0 Å². The van der Waals surface area contributed by atoms with Gasteiger partial charge >= 0.3 is 0 Å². The highest BCUT2D eigenvalue weighted by molar-refractivity contribution is 14.0. The Labute approximate surface area is 209 Å². The maximum Gasteiger partial charge on any atom is 0.191 e. The van der Waals surface area contributed by atoms with Gasteiger partial charge in [0.25, 0.3) is 0 Å². The van der Waals surface area contributed by atoms with Gasteiger partial charge in [-0.05, 0) is 30.5 Å². The largest absolute Gasteiger partial charge is 0.379 e. The molecule has 0 atom stereocenters. The number of hydrogen-bond donors (Lipinski definition) is 2. The van der Waals surface area contributed by atoms with Crippen molar-refractivity contribution in [2.75, 3.05) is 39.9 Å². The molecule has 1 heterocycles. The zero-order chi connectivity index (χ0) is 21.9. The van der Waals surface area contributed by atoms with Gasteiger partial charge in [0.05, 0.1) is 26.4 Å². The smallest absolute Gasteiger partial charge is 0.191 e. The number of nitrogens with zero attached hydrogens (tertiary/aromatic N) is 2. The highest BCUT2D eigenvalue weighted by Gasteiger charge is 2.28. The molecule has 0 aromatic heterocycles. The SMILES string of the molecule is CN=C(NCc1cccc(COCc2ccccc2)c1)NCC(C)(C)N1CCOCC1.I. The standard InChI is InChI=1S/C25H36N4O2.HI/c1-25(2,29-12-14-30-15-13-29)20-28-24(26-3)27-17-22-10-7-11-23(16-22)19-31-18-21-8-5-4-6-9-21;/h4-11,16H,12-15,17-20H2,1-3H3,(H2,26,27,28);1H. The van der Waals surface area contributed by atoms with Crippen LogP contribution in [-0.2, 0) is 29.2 Å². The van der Waals surface area contributed by atoms with E-state index < -0.39 is 0 Å². The second-order valence-electron chi connectivity index (χ2n) is 8.49. The molecular formula is C25H37IN4O2. The normalized spacial score (nSPS) is 15.2. The first-order valence-corrected chi connectivity index (χ1v) is 11.0. The van der Waals surface area contributed by atoms with E-state index in [1.165, 1.54) is 16.7 Å². The third-order valence-electron chi connectivity index (χ3n) is 5.61. The van der Waals surface area contributed by atoms with Crippen molar-refractivity contribution in [3.63, 3.8) is 0 Å². The Kier molecular flexibility index (Phi) is 11.4. The summed E-state index contributed by atoms with van der Waals surface area (Å²) in [5, 5.41) is 6.90. The number of benzene rings is 2. The van der Waals surface area contributed by atoms with Crippen molar-refractivity contribution in [2.45, 2.75) is 39.1 Å².